The third-order valence-corrected chi connectivity index (χ3v) is 4.56. The maximum absolute atomic E-state index is 12.3. The molecule has 118 valence electrons. The Labute approximate surface area is 133 Å². The summed E-state index contributed by atoms with van der Waals surface area (Å²) in [7, 11) is 0. The van der Waals surface area contributed by atoms with Gasteiger partial charge >= 0.3 is 6.03 Å². The Hall–Kier alpha value is -1.96. The van der Waals surface area contributed by atoms with Crippen LogP contribution in [-0.4, -0.2) is 44.2 Å². The first kappa shape index (κ1) is 15.0. The maximum Gasteiger partial charge on any atom is 0.323 e. The quantitative estimate of drug-likeness (QED) is 0.910. The molecule has 0 saturated carbocycles. The van der Waals surface area contributed by atoms with Gasteiger partial charge in [-0.2, -0.15) is 5.10 Å². The zero-order valence-electron chi connectivity index (χ0n) is 13.0. The molecule has 2 amide bonds. The maximum atomic E-state index is 12.3. The van der Waals surface area contributed by atoms with Gasteiger partial charge in [0, 0.05) is 24.4 Å². The molecule has 3 heterocycles. The molecule has 2 N–H and O–H groups in total. The molecule has 1 aliphatic rings. The molecular formula is C14H20N6OS. The summed E-state index contributed by atoms with van der Waals surface area (Å²) in [5.41, 5.74) is 1.01. The van der Waals surface area contributed by atoms with E-state index in [1.54, 1.807) is 4.90 Å². The number of hydrogen-bond donors (Lipinski definition) is 2. The van der Waals surface area contributed by atoms with Gasteiger partial charge in [0.1, 0.15) is 5.82 Å². The molecule has 2 aromatic rings. The minimum Gasteiger partial charge on any atom is -0.324 e. The van der Waals surface area contributed by atoms with Crippen molar-refractivity contribution in [3.63, 3.8) is 0 Å². The van der Waals surface area contributed by atoms with Crippen molar-refractivity contribution in [2.24, 2.45) is 0 Å². The Balaban J connectivity index is 1.59. The first-order valence-corrected chi connectivity index (χ1v) is 8.31. The van der Waals surface area contributed by atoms with E-state index in [4.69, 9.17) is 0 Å². The van der Waals surface area contributed by atoms with Crippen LogP contribution in [0.4, 0.5) is 9.93 Å². The number of urea groups is 1. The lowest BCUT2D eigenvalue weighted by molar-refractivity contribution is 0.222. The summed E-state index contributed by atoms with van der Waals surface area (Å²) in [5.74, 6) is 2.18. The highest BCUT2D eigenvalue weighted by molar-refractivity contribution is 7.13. The van der Waals surface area contributed by atoms with E-state index in [0.29, 0.717) is 24.1 Å². The molecule has 1 saturated heterocycles. The van der Waals surface area contributed by atoms with E-state index in [0.717, 1.165) is 23.8 Å². The largest absolute Gasteiger partial charge is 0.324 e. The van der Waals surface area contributed by atoms with Crippen molar-refractivity contribution in [1.82, 2.24) is 25.1 Å². The van der Waals surface area contributed by atoms with Gasteiger partial charge in [0.2, 0.25) is 0 Å². The molecule has 0 unspecified atom stereocenters. The predicted molar refractivity (Wildman–Crippen MR) is 85.3 cm³/mol. The Bertz CT molecular complexity index is 664. The number of hydrogen-bond acceptors (Lipinski definition) is 5. The highest BCUT2D eigenvalue weighted by Gasteiger charge is 2.30. The smallest absolute Gasteiger partial charge is 0.323 e. The highest BCUT2D eigenvalue weighted by Crippen LogP contribution is 2.26. The van der Waals surface area contributed by atoms with Crippen LogP contribution in [0.1, 0.15) is 49.4 Å². The van der Waals surface area contributed by atoms with Crippen molar-refractivity contribution in [3.05, 3.63) is 22.7 Å². The standard InChI is InChI=1S/C14H20N6OS/c1-8(2)11-7-22-13(16-11)17-14(21)20-5-4-10(6-20)12-15-9(3)18-19-12/h7-8,10H,4-6H2,1-3H3,(H,15,18,19)(H,16,17,21)/t10-/m0/s1. The second-order valence-corrected chi connectivity index (χ2v) is 6.73. The first-order valence-electron chi connectivity index (χ1n) is 7.43. The number of amides is 2. The van der Waals surface area contributed by atoms with Gasteiger partial charge in [-0.1, -0.05) is 13.8 Å². The number of H-pyrrole nitrogens is 1. The van der Waals surface area contributed by atoms with E-state index in [1.807, 2.05) is 12.3 Å². The van der Waals surface area contributed by atoms with Crippen molar-refractivity contribution in [1.29, 1.82) is 0 Å². The van der Waals surface area contributed by atoms with Crippen LogP contribution in [0, 0.1) is 6.92 Å². The molecule has 22 heavy (non-hydrogen) atoms. The lowest BCUT2D eigenvalue weighted by atomic mass is 10.1. The normalized spacial score (nSPS) is 18.2. The van der Waals surface area contributed by atoms with E-state index in [1.165, 1.54) is 11.3 Å². The molecule has 1 fully saturated rings. The van der Waals surface area contributed by atoms with E-state index < -0.39 is 0 Å². The summed E-state index contributed by atoms with van der Waals surface area (Å²) in [5, 5.41) is 12.6. The van der Waals surface area contributed by atoms with Crippen molar-refractivity contribution in [2.45, 2.75) is 39.0 Å². The fourth-order valence-electron chi connectivity index (χ4n) is 2.48. The van der Waals surface area contributed by atoms with Crippen LogP contribution in [0.3, 0.4) is 0 Å². The van der Waals surface area contributed by atoms with E-state index in [-0.39, 0.29) is 11.9 Å². The van der Waals surface area contributed by atoms with Crippen LogP contribution in [0.15, 0.2) is 5.38 Å². The SMILES string of the molecule is Cc1nc([C@H]2CCN(C(=O)Nc3nc(C(C)C)cs3)C2)n[nH]1. The Morgan fingerprint density at radius 3 is 2.95 bits per heavy atom. The number of nitrogens with one attached hydrogen (secondary N) is 2. The second-order valence-electron chi connectivity index (χ2n) is 5.87. The molecule has 0 aromatic carbocycles. The zero-order valence-corrected chi connectivity index (χ0v) is 13.8. The number of carbonyl (C=O) groups is 1. The van der Waals surface area contributed by atoms with Crippen molar-refractivity contribution >= 4 is 22.5 Å². The molecule has 0 aliphatic carbocycles. The number of anilines is 1. The number of likely N-dealkylation sites (tertiary alicyclic amines) is 1. The molecule has 0 bridgehead atoms. The first-order chi connectivity index (χ1) is 10.5. The van der Waals surface area contributed by atoms with Crippen LogP contribution >= 0.6 is 11.3 Å². The molecule has 0 spiro atoms. The average molecular weight is 320 g/mol. The number of aromatic amines is 1. The predicted octanol–water partition coefficient (Wildman–Crippen LogP) is 2.71. The topological polar surface area (TPSA) is 86.8 Å². The third kappa shape index (κ3) is 3.11. The number of carbonyl (C=O) groups excluding carboxylic acids is 1. The van der Waals surface area contributed by atoms with Crippen molar-refractivity contribution < 1.29 is 4.79 Å². The van der Waals surface area contributed by atoms with Gasteiger partial charge < -0.3 is 4.90 Å². The van der Waals surface area contributed by atoms with Gasteiger partial charge in [-0.15, -0.1) is 11.3 Å². The summed E-state index contributed by atoms with van der Waals surface area (Å²) in [6.07, 6.45) is 0.889. The summed E-state index contributed by atoms with van der Waals surface area (Å²) in [6, 6.07) is -0.0978. The van der Waals surface area contributed by atoms with Crippen LogP contribution in [0.25, 0.3) is 0 Å². The monoisotopic (exact) mass is 320 g/mol. The fourth-order valence-corrected chi connectivity index (χ4v) is 3.34. The Morgan fingerprint density at radius 1 is 1.50 bits per heavy atom. The minimum atomic E-state index is -0.0978. The van der Waals surface area contributed by atoms with E-state index in [2.05, 4.69) is 39.3 Å². The minimum absolute atomic E-state index is 0.0978. The third-order valence-electron chi connectivity index (χ3n) is 3.78. The van der Waals surface area contributed by atoms with Crippen LogP contribution in [0.2, 0.25) is 0 Å². The molecule has 0 radical (unpaired) electrons. The van der Waals surface area contributed by atoms with Crippen LogP contribution in [-0.2, 0) is 0 Å². The summed E-state index contributed by atoms with van der Waals surface area (Å²) in [4.78, 5) is 22.9. The molecular weight excluding hydrogens is 300 g/mol. The van der Waals surface area contributed by atoms with Gasteiger partial charge in [0.25, 0.3) is 0 Å². The van der Waals surface area contributed by atoms with E-state index in [9.17, 15) is 4.79 Å². The molecule has 7 nitrogen and oxygen atoms in total. The van der Waals surface area contributed by atoms with Gasteiger partial charge in [0.15, 0.2) is 11.0 Å². The summed E-state index contributed by atoms with van der Waals surface area (Å²) >= 11 is 1.47. The lowest BCUT2D eigenvalue weighted by Crippen LogP contribution is -2.32. The molecule has 3 rings (SSSR count). The van der Waals surface area contributed by atoms with Crippen LogP contribution in [0.5, 0.6) is 0 Å². The average Bonchev–Trinajstić information content (AvgIpc) is 3.16. The molecule has 1 atom stereocenters. The molecule has 2 aromatic heterocycles. The van der Waals surface area contributed by atoms with Crippen molar-refractivity contribution in [3.8, 4) is 0 Å². The molecule has 1 aliphatic heterocycles. The highest BCUT2D eigenvalue weighted by atomic mass is 32.1. The Kier molecular flexibility index (Phi) is 4.10. The number of nitrogens with zero attached hydrogens (tertiary/aromatic N) is 4. The Morgan fingerprint density at radius 2 is 2.32 bits per heavy atom. The number of aryl methyl sites for hydroxylation is 1. The van der Waals surface area contributed by atoms with Gasteiger partial charge in [0.05, 0.1) is 5.69 Å². The zero-order chi connectivity index (χ0) is 15.7. The van der Waals surface area contributed by atoms with Gasteiger partial charge in [-0.3, -0.25) is 10.4 Å². The number of thiazole rings is 1. The lowest BCUT2D eigenvalue weighted by Gasteiger charge is -2.15. The van der Waals surface area contributed by atoms with E-state index >= 15 is 0 Å². The summed E-state index contributed by atoms with van der Waals surface area (Å²) in [6.45, 7) is 7.41. The van der Waals surface area contributed by atoms with Gasteiger partial charge in [-0.25, -0.2) is 14.8 Å². The molecule has 8 heteroatoms. The van der Waals surface area contributed by atoms with Crippen LogP contribution < -0.4 is 5.32 Å². The number of aromatic nitrogens is 4. The van der Waals surface area contributed by atoms with Crippen molar-refractivity contribution in [2.75, 3.05) is 18.4 Å². The second kappa shape index (κ2) is 6.04. The fraction of sp³-hybridized carbons (Fsp3) is 0.571. The number of rotatable bonds is 3. The summed E-state index contributed by atoms with van der Waals surface area (Å²) < 4.78 is 0. The van der Waals surface area contributed by atoms with Gasteiger partial charge in [-0.05, 0) is 19.3 Å².